The summed E-state index contributed by atoms with van der Waals surface area (Å²) in [4.78, 5) is 0. The van der Waals surface area contributed by atoms with Crippen molar-refractivity contribution in [2.24, 2.45) is 0 Å². The minimum absolute atomic E-state index is 0.483. The molecule has 18 heavy (non-hydrogen) atoms. The van der Waals surface area contributed by atoms with Gasteiger partial charge in [0.2, 0.25) is 0 Å². The number of phenols is 1. The van der Waals surface area contributed by atoms with Crippen molar-refractivity contribution >= 4 is 29.5 Å². The number of aryl methyl sites for hydroxylation is 1. The average Bonchev–Trinajstić information content (AvgIpc) is 2.36. The van der Waals surface area contributed by atoms with Crippen molar-refractivity contribution < 1.29 is 5.11 Å². The first-order chi connectivity index (χ1) is 8.71. The van der Waals surface area contributed by atoms with Crippen molar-refractivity contribution in [2.45, 2.75) is 52.4 Å². The molecule has 102 valence electrons. The van der Waals surface area contributed by atoms with Gasteiger partial charge in [0.25, 0.3) is 0 Å². The largest absolute Gasteiger partial charge is 0.508 e. The molecule has 1 aromatic carbocycles. The monoisotopic (exact) mass is 284 g/mol. The van der Waals surface area contributed by atoms with Crippen LogP contribution in [0.15, 0.2) is 18.2 Å². The molecule has 3 heteroatoms. The number of benzene rings is 1. The third-order valence-corrected chi connectivity index (χ3v) is 2.83. The van der Waals surface area contributed by atoms with E-state index in [1.165, 1.54) is 35.1 Å². The van der Waals surface area contributed by atoms with E-state index in [1.807, 2.05) is 6.07 Å². The average molecular weight is 284 g/mol. The topological polar surface area (TPSA) is 20.2 Å². The molecule has 1 nitrogen and oxygen atoms in total. The Bertz CT molecular complexity index is 337. The van der Waals surface area contributed by atoms with Crippen molar-refractivity contribution in [3.8, 4) is 5.75 Å². The van der Waals surface area contributed by atoms with Gasteiger partial charge in [0.05, 0.1) is 0 Å². The smallest absolute Gasteiger partial charge is 0.119 e. The lowest BCUT2D eigenvalue weighted by molar-refractivity contribution is 0.465. The summed E-state index contributed by atoms with van der Waals surface area (Å²) >= 11 is 7.61. The zero-order valence-electron chi connectivity index (χ0n) is 11.4. The van der Waals surface area contributed by atoms with Crippen LogP contribution in [0.5, 0.6) is 5.75 Å². The highest BCUT2D eigenvalue weighted by atomic mass is 32.1. The molecule has 0 bridgehead atoms. The van der Waals surface area contributed by atoms with E-state index >= 15 is 0 Å². The Morgan fingerprint density at radius 3 is 2.28 bits per heavy atom. The molecule has 0 spiro atoms. The molecular formula is C15H24OS2. The predicted molar refractivity (Wildman–Crippen MR) is 88.0 cm³/mol. The fourth-order valence-electron chi connectivity index (χ4n) is 1.86. The zero-order chi connectivity index (χ0) is 13.8. The Morgan fingerprint density at radius 2 is 1.72 bits per heavy atom. The van der Waals surface area contributed by atoms with Gasteiger partial charge < -0.3 is 5.11 Å². The van der Waals surface area contributed by atoms with E-state index in [4.69, 9.17) is 0 Å². The summed E-state index contributed by atoms with van der Waals surface area (Å²) in [6.07, 6.45) is 6.88. The van der Waals surface area contributed by atoms with Gasteiger partial charge in [0.1, 0.15) is 5.75 Å². The second-order valence-corrected chi connectivity index (χ2v) is 5.07. The first-order valence-electron chi connectivity index (χ1n) is 6.58. The number of rotatable bonds is 6. The molecule has 0 fully saturated rings. The van der Waals surface area contributed by atoms with Crippen LogP contribution in [0.3, 0.4) is 0 Å². The van der Waals surface area contributed by atoms with Crippen molar-refractivity contribution in [1.82, 2.24) is 0 Å². The number of hydrogen-bond donors (Lipinski definition) is 2. The maximum atomic E-state index is 9.82. The maximum Gasteiger partial charge on any atom is 0.119 e. The second-order valence-electron chi connectivity index (χ2n) is 4.23. The van der Waals surface area contributed by atoms with E-state index in [1.54, 1.807) is 6.07 Å². The highest BCUT2D eigenvalue weighted by Crippen LogP contribution is 2.24. The van der Waals surface area contributed by atoms with Crippen molar-refractivity contribution in [2.75, 3.05) is 0 Å². The Morgan fingerprint density at radius 1 is 1.17 bits per heavy atom. The quantitative estimate of drug-likeness (QED) is 0.569. The SMILES string of the molecule is CCCCc1cccc(O)c1CCCC.S=CS. The van der Waals surface area contributed by atoms with Gasteiger partial charge in [-0.05, 0) is 42.9 Å². The number of unbranched alkanes of at least 4 members (excludes halogenated alkanes) is 2. The highest BCUT2D eigenvalue weighted by molar-refractivity contribution is 8.08. The molecule has 0 aliphatic rings. The Labute approximate surface area is 122 Å². The molecule has 0 heterocycles. The van der Waals surface area contributed by atoms with Crippen LogP contribution in [-0.2, 0) is 12.8 Å². The summed E-state index contributed by atoms with van der Waals surface area (Å²) in [5.41, 5.74) is 2.51. The summed E-state index contributed by atoms with van der Waals surface area (Å²) < 4.78 is 1.28. The van der Waals surface area contributed by atoms with E-state index in [0.717, 1.165) is 19.3 Å². The lowest BCUT2D eigenvalue weighted by Crippen LogP contribution is -1.95. The van der Waals surface area contributed by atoms with Crippen LogP contribution < -0.4 is 0 Å². The molecular weight excluding hydrogens is 260 g/mol. The Hall–Kier alpha value is -0.540. The Kier molecular flexibility index (Phi) is 11.2. The van der Waals surface area contributed by atoms with E-state index < -0.39 is 0 Å². The second kappa shape index (κ2) is 11.5. The van der Waals surface area contributed by atoms with Crippen LogP contribution in [0.2, 0.25) is 0 Å². The van der Waals surface area contributed by atoms with Gasteiger partial charge >= 0.3 is 0 Å². The highest BCUT2D eigenvalue weighted by Gasteiger charge is 2.06. The third-order valence-electron chi connectivity index (χ3n) is 2.83. The van der Waals surface area contributed by atoms with Crippen LogP contribution in [0.25, 0.3) is 0 Å². The molecule has 0 saturated carbocycles. The Balaban J connectivity index is 0.000000873. The van der Waals surface area contributed by atoms with Crippen LogP contribution in [-0.4, -0.2) is 9.81 Å². The zero-order valence-corrected chi connectivity index (χ0v) is 13.1. The molecule has 1 rings (SSSR count). The van der Waals surface area contributed by atoms with Crippen molar-refractivity contribution in [3.05, 3.63) is 29.3 Å². The first-order valence-corrected chi connectivity index (χ1v) is 7.57. The van der Waals surface area contributed by atoms with Gasteiger partial charge in [-0.25, -0.2) is 0 Å². The number of thiol groups is 1. The molecule has 0 aliphatic heterocycles. The normalized spacial score (nSPS) is 9.50. The van der Waals surface area contributed by atoms with Crippen LogP contribution in [0.1, 0.15) is 50.7 Å². The molecule has 0 aliphatic carbocycles. The molecule has 1 aromatic rings. The van der Waals surface area contributed by atoms with Crippen molar-refractivity contribution in [1.29, 1.82) is 0 Å². The molecule has 0 radical (unpaired) electrons. The predicted octanol–water partition coefficient (Wildman–Crippen LogP) is 4.95. The minimum atomic E-state index is 0.483. The number of phenolic OH excluding ortho intramolecular Hbond substituents is 1. The van der Waals surface area contributed by atoms with E-state index in [2.05, 4.69) is 44.8 Å². The van der Waals surface area contributed by atoms with Crippen LogP contribution in [0, 0.1) is 0 Å². The molecule has 0 unspecified atom stereocenters. The van der Waals surface area contributed by atoms with Crippen molar-refractivity contribution in [3.63, 3.8) is 0 Å². The van der Waals surface area contributed by atoms with Crippen LogP contribution >= 0.6 is 24.8 Å². The van der Waals surface area contributed by atoms with Crippen LogP contribution in [0.4, 0.5) is 0 Å². The van der Waals surface area contributed by atoms with Gasteiger partial charge in [-0.2, -0.15) is 0 Å². The summed E-state index contributed by atoms with van der Waals surface area (Å²) in [5, 5.41) is 9.82. The van der Waals surface area contributed by atoms with Gasteiger partial charge in [0.15, 0.2) is 0 Å². The van der Waals surface area contributed by atoms with Gasteiger partial charge in [-0.15, -0.1) is 12.6 Å². The number of thiocarbonyl (C=S) groups is 1. The van der Waals surface area contributed by atoms with E-state index in [9.17, 15) is 5.11 Å². The van der Waals surface area contributed by atoms with E-state index in [-0.39, 0.29) is 0 Å². The summed E-state index contributed by atoms with van der Waals surface area (Å²) in [5.74, 6) is 0.483. The van der Waals surface area contributed by atoms with E-state index in [0.29, 0.717) is 5.75 Å². The molecule has 0 atom stereocenters. The lowest BCUT2D eigenvalue weighted by atomic mass is 9.97. The molecule has 0 aromatic heterocycles. The lowest BCUT2D eigenvalue weighted by Gasteiger charge is -2.10. The van der Waals surface area contributed by atoms with Gasteiger partial charge in [0, 0.05) is 4.70 Å². The minimum Gasteiger partial charge on any atom is -0.508 e. The number of aromatic hydroxyl groups is 1. The molecule has 1 N–H and O–H groups in total. The third kappa shape index (κ3) is 7.02. The summed E-state index contributed by atoms with van der Waals surface area (Å²) in [7, 11) is 0. The fraction of sp³-hybridized carbons (Fsp3) is 0.533. The van der Waals surface area contributed by atoms with Gasteiger partial charge in [-0.3, -0.25) is 0 Å². The molecule has 0 amide bonds. The standard InChI is InChI=1S/C14H22O.CH2S2/c1-3-5-8-12-9-7-11-14(15)13(12)10-6-4-2;2-1-3/h7,9,11,15H,3-6,8,10H2,1-2H3;1H,(H,2,3). The maximum absolute atomic E-state index is 9.82. The first kappa shape index (κ1) is 17.5. The summed E-state index contributed by atoms with van der Waals surface area (Å²) in [6, 6.07) is 5.91. The molecule has 0 saturated heterocycles. The summed E-state index contributed by atoms with van der Waals surface area (Å²) in [6.45, 7) is 4.39. The van der Waals surface area contributed by atoms with Gasteiger partial charge in [-0.1, -0.05) is 51.0 Å². The fourth-order valence-corrected chi connectivity index (χ4v) is 1.86. The number of hydrogen-bond acceptors (Lipinski definition) is 2.